The predicted octanol–water partition coefficient (Wildman–Crippen LogP) is 4.00. The number of nitrogens with zero attached hydrogens (tertiary/aromatic N) is 1. The number of fused-ring (bicyclic) bond motifs is 1. The first-order valence-corrected chi connectivity index (χ1v) is 8.20. The Labute approximate surface area is 148 Å². The lowest BCUT2D eigenvalue weighted by Gasteiger charge is -2.05. The normalized spacial score (nSPS) is 11.0. The first kappa shape index (κ1) is 16.2. The summed E-state index contributed by atoms with van der Waals surface area (Å²) in [6.45, 7) is 0. The van der Waals surface area contributed by atoms with Crippen molar-refractivity contribution in [2.75, 3.05) is 0 Å². The SMILES string of the molecule is O=C(Cc1cccc2ccccc12)NN=Cc1ccc(O)c(Br)c1. The molecule has 0 saturated heterocycles. The van der Waals surface area contributed by atoms with Crippen molar-refractivity contribution >= 4 is 38.8 Å². The number of carbonyl (C=O) groups is 1. The quantitative estimate of drug-likeness (QED) is 0.529. The summed E-state index contributed by atoms with van der Waals surface area (Å²) in [4.78, 5) is 12.1. The fraction of sp³-hybridized carbons (Fsp3) is 0.0526. The van der Waals surface area contributed by atoms with Gasteiger partial charge in [0.25, 0.3) is 0 Å². The van der Waals surface area contributed by atoms with Crippen molar-refractivity contribution in [2.24, 2.45) is 5.10 Å². The van der Waals surface area contributed by atoms with Crippen molar-refractivity contribution < 1.29 is 9.90 Å². The van der Waals surface area contributed by atoms with Gasteiger partial charge in [0.2, 0.25) is 5.91 Å². The summed E-state index contributed by atoms with van der Waals surface area (Å²) in [6.07, 6.45) is 1.79. The number of hydrogen-bond acceptors (Lipinski definition) is 3. The molecule has 0 aromatic heterocycles. The highest BCUT2D eigenvalue weighted by Crippen LogP contribution is 2.23. The average molecular weight is 383 g/mol. The number of hydrogen-bond donors (Lipinski definition) is 2. The molecule has 0 bridgehead atoms. The van der Waals surface area contributed by atoms with Gasteiger partial charge in [-0.1, -0.05) is 42.5 Å². The molecule has 0 heterocycles. The van der Waals surface area contributed by atoms with Crippen molar-refractivity contribution in [3.05, 3.63) is 76.3 Å². The highest BCUT2D eigenvalue weighted by atomic mass is 79.9. The van der Waals surface area contributed by atoms with Crippen molar-refractivity contribution in [3.8, 4) is 5.75 Å². The average Bonchev–Trinajstić information content (AvgIpc) is 2.58. The zero-order valence-electron chi connectivity index (χ0n) is 12.7. The Hall–Kier alpha value is -2.66. The van der Waals surface area contributed by atoms with Crippen LogP contribution in [0, 0.1) is 0 Å². The minimum absolute atomic E-state index is 0.159. The molecule has 0 aliphatic carbocycles. The number of hydrazone groups is 1. The first-order valence-electron chi connectivity index (χ1n) is 7.40. The molecule has 0 saturated carbocycles. The van der Waals surface area contributed by atoms with E-state index in [1.54, 1.807) is 18.2 Å². The summed E-state index contributed by atoms with van der Waals surface area (Å²) >= 11 is 3.24. The number of benzene rings is 3. The number of amides is 1. The van der Waals surface area contributed by atoms with Crippen LogP contribution in [0.4, 0.5) is 0 Å². The lowest BCUT2D eigenvalue weighted by molar-refractivity contribution is -0.120. The molecule has 24 heavy (non-hydrogen) atoms. The second kappa shape index (κ2) is 7.27. The Kier molecular flexibility index (Phi) is 4.91. The maximum atomic E-state index is 12.1. The molecule has 2 N–H and O–H groups in total. The highest BCUT2D eigenvalue weighted by molar-refractivity contribution is 9.10. The Morgan fingerprint density at radius 2 is 1.92 bits per heavy atom. The Balaban J connectivity index is 1.67. The smallest absolute Gasteiger partial charge is 0.244 e. The second-order valence-corrected chi connectivity index (χ2v) is 6.17. The van der Waals surface area contributed by atoms with Gasteiger partial charge < -0.3 is 5.11 Å². The van der Waals surface area contributed by atoms with Crippen LogP contribution in [-0.4, -0.2) is 17.2 Å². The van der Waals surface area contributed by atoms with Crippen LogP contribution in [0.5, 0.6) is 5.75 Å². The fourth-order valence-electron chi connectivity index (χ4n) is 2.44. The lowest BCUT2D eigenvalue weighted by atomic mass is 10.0. The molecule has 0 unspecified atom stereocenters. The molecule has 3 aromatic carbocycles. The van der Waals surface area contributed by atoms with Gasteiger partial charge in [0.05, 0.1) is 17.1 Å². The van der Waals surface area contributed by atoms with Crippen molar-refractivity contribution in [1.29, 1.82) is 0 Å². The van der Waals surface area contributed by atoms with Crippen LogP contribution in [0.2, 0.25) is 0 Å². The van der Waals surface area contributed by atoms with Gasteiger partial charge in [-0.15, -0.1) is 0 Å². The van der Waals surface area contributed by atoms with Gasteiger partial charge in [-0.25, -0.2) is 5.43 Å². The van der Waals surface area contributed by atoms with Crippen LogP contribution in [0.25, 0.3) is 10.8 Å². The molecule has 0 aliphatic heterocycles. The highest BCUT2D eigenvalue weighted by Gasteiger charge is 2.06. The summed E-state index contributed by atoms with van der Waals surface area (Å²) in [5, 5.41) is 15.6. The lowest BCUT2D eigenvalue weighted by Crippen LogP contribution is -2.19. The molecule has 3 aromatic rings. The summed E-state index contributed by atoms with van der Waals surface area (Å²) in [5.74, 6) is -0.0208. The molecular weight excluding hydrogens is 368 g/mol. The number of aromatic hydroxyl groups is 1. The van der Waals surface area contributed by atoms with Crippen molar-refractivity contribution in [3.63, 3.8) is 0 Å². The van der Waals surface area contributed by atoms with Gasteiger partial charge in [0.1, 0.15) is 5.75 Å². The minimum atomic E-state index is -0.180. The summed E-state index contributed by atoms with van der Waals surface area (Å²) < 4.78 is 0.577. The van der Waals surface area contributed by atoms with Crippen LogP contribution in [0.15, 0.2) is 70.2 Å². The van der Waals surface area contributed by atoms with E-state index in [9.17, 15) is 9.90 Å². The third kappa shape index (κ3) is 3.81. The molecule has 5 heteroatoms. The third-order valence-electron chi connectivity index (χ3n) is 3.61. The number of rotatable bonds is 4. The number of nitrogens with one attached hydrogen (secondary N) is 1. The molecule has 0 atom stereocenters. The van der Waals surface area contributed by atoms with E-state index in [1.165, 1.54) is 6.21 Å². The fourth-order valence-corrected chi connectivity index (χ4v) is 2.84. The van der Waals surface area contributed by atoms with Crippen molar-refractivity contribution in [2.45, 2.75) is 6.42 Å². The molecule has 0 aliphatic rings. The molecule has 0 fully saturated rings. The van der Waals surface area contributed by atoms with Crippen LogP contribution in [0.3, 0.4) is 0 Å². The molecule has 0 spiro atoms. The van der Waals surface area contributed by atoms with E-state index in [2.05, 4.69) is 26.5 Å². The molecule has 0 radical (unpaired) electrons. The van der Waals surface area contributed by atoms with E-state index in [4.69, 9.17) is 0 Å². The number of carbonyl (C=O) groups excluding carboxylic acids is 1. The molecule has 4 nitrogen and oxygen atoms in total. The number of halogens is 1. The van der Waals surface area contributed by atoms with E-state index in [-0.39, 0.29) is 18.1 Å². The number of phenols is 1. The van der Waals surface area contributed by atoms with Crippen molar-refractivity contribution in [1.82, 2.24) is 5.43 Å². The Morgan fingerprint density at radius 1 is 1.12 bits per heavy atom. The number of phenolic OH excluding ortho intramolecular Hbond substituents is 1. The summed E-state index contributed by atoms with van der Waals surface area (Å²) in [6, 6.07) is 18.9. The van der Waals surface area contributed by atoms with Gasteiger partial charge in [-0.3, -0.25) is 4.79 Å². The maximum absolute atomic E-state index is 12.1. The van der Waals surface area contributed by atoms with E-state index in [1.807, 2.05) is 42.5 Å². The molecular formula is C19H15BrN2O2. The predicted molar refractivity (Wildman–Crippen MR) is 99.2 cm³/mol. The Bertz CT molecular complexity index is 917. The second-order valence-electron chi connectivity index (χ2n) is 5.32. The van der Waals surface area contributed by atoms with E-state index >= 15 is 0 Å². The van der Waals surface area contributed by atoms with Crippen LogP contribution >= 0.6 is 15.9 Å². The Morgan fingerprint density at radius 3 is 2.75 bits per heavy atom. The van der Waals surface area contributed by atoms with Gasteiger partial charge in [-0.2, -0.15) is 5.10 Å². The zero-order chi connectivity index (χ0) is 16.9. The summed E-state index contributed by atoms with van der Waals surface area (Å²) in [5.41, 5.74) is 4.27. The van der Waals surface area contributed by atoms with Gasteiger partial charge in [0.15, 0.2) is 0 Å². The minimum Gasteiger partial charge on any atom is -0.507 e. The zero-order valence-corrected chi connectivity index (χ0v) is 14.3. The van der Waals surface area contributed by atoms with Gasteiger partial charge in [0, 0.05) is 0 Å². The van der Waals surface area contributed by atoms with Crippen LogP contribution in [0.1, 0.15) is 11.1 Å². The third-order valence-corrected chi connectivity index (χ3v) is 4.24. The molecule has 120 valence electrons. The topological polar surface area (TPSA) is 61.7 Å². The van der Waals surface area contributed by atoms with Gasteiger partial charge >= 0.3 is 0 Å². The van der Waals surface area contributed by atoms with Crippen LogP contribution < -0.4 is 5.43 Å². The maximum Gasteiger partial charge on any atom is 0.244 e. The van der Waals surface area contributed by atoms with E-state index in [0.717, 1.165) is 21.9 Å². The van der Waals surface area contributed by atoms with Gasteiger partial charge in [-0.05, 0) is 56.0 Å². The first-order chi connectivity index (χ1) is 11.6. The standard InChI is InChI=1S/C19H15BrN2O2/c20-17-10-13(8-9-18(17)23)12-21-22-19(24)11-15-6-3-5-14-4-1-2-7-16(14)15/h1-10,12,23H,11H2,(H,22,24). The van der Waals surface area contributed by atoms with E-state index in [0.29, 0.717) is 4.47 Å². The largest absolute Gasteiger partial charge is 0.507 e. The van der Waals surface area contributed by atoms with E-state index < -0.39 is 0 Å². The summed E-state index contributed by atoms with van der Waals surface area (Å²) in [7, 11) is 0. The molecule has 3 rings (SSSR count). The monoisotopic (exact) mass is 382 g/mol. The molecule has 1 amide bonds. The van der Waals surface area contributed by atoms with Crippen LogP contribution in [-0.2, 0) is 11.2 Å².